The summed E-state index contributed by atoms with van der Waals surface area (Å²) in [6, 6.07) is 7.10. The van der Waals surface area contributed by atoms with Crippen LogP contribution in [0.15, 0.2) is 24.3 Å². The van der Waals surface area contributed by atoms with Gasteiger partial charge in [0.05, 0.1) is 11.3 Å². The number of hydrogen-bond donors (Lipinski definition) is 1. The Labute approximate surface area is 112 Å². The molecule has 0 aliphatic carbocycles. The quantitative estimate of drug-likeness (QED) is 0.832. The standard InChI is InChI=1S/C15H16N2O2/c1-3-11-9-14(18)17(10-11)13-8-6-5-7-12(13)15(19)16-4-2/h1,5-8,11H,4,9-10H2,2H3,(H,16,19). The highest BCUT2D eigenvalue weighted by molar-refractivity contribution is 6.05. The number of terminal acetylenes is 1. The van der Waals surface area contributed by atoms with Crippen molar-refractivity contribution in [1.29, 1.82) is 0 Å². The van der Waals surface area contributed by atoms with E-state index in [1.165, 1.54) is 0 Å². The first-order valence-corrected chi connectivity index (χ1v) is 6.31. The first-order valence-electron chi connectivity index (χ1n) is 6.31. The van der Waals surface area contributed by atoms with Crippen molar-refractivity contribution in [3.8, 4) is 12.3 Å². The fourth-order valence-electron chi connectivity index (χ4n) is 2.21. The number of benzene rings is 1. The van der Waals surface area contributed by atoms with Gasteiger partial charge in [-0.1, -0.05) is 12.1 Å². The van der Waals surface area contributed by atoms with Crippen LogP contribution in [0.4, 0.5) is 5.69 Å². The molecule has 0 bridgehead atoms. The minimum atomic E-state index is -0.171. The fourth-order valence-corrected chi connectivity index (χ4v) is 2.21. The van der Waals surface area contributed by atoms with Gasteiger partial charge in [-0.3, -0.25) is 9.59 Å². The summed E-state index contributed by atoms with van der Waals surface area (Å²) in [7, 11) is 0. The third-order valence-electron chi connectivity index (χ3n) is 3.14. The minimum Gasteiger partial charge on any atom is -0.352 e. The second kappa shape index (κ2) is 5.57. The number of nitrogens with one attached hydrogen (secondary N) is 1. The van der Waals surface area contributed by atoms with Gasteiger partial charge >= 0.3 is 0 Å². The third-order valence-corrected chi connectivity index (χ3v) is 3.14. The van der Waals surface area contributed by atoms with Gasteiger partial charge in [-0.25, -0.2) is 0 Å². The largest absolute Gasteiger partial charge is 0.352 e. The summed E-state index contributed by atoms with van der Waals surface area (Å²) in [6.45, 7) is 2.88. The zero-order valence-electron chi connectivity index (χ0n) is 10.8. The molecule has 1 atom stereocenters. The zero-order valence-corrected chi connectivity index (χ0v) is 10.8. The van der Waals surface area contributed by atoms with Crippen LogP contribution in [-0.2, 0) is 4.79 Å². The first kappa shape index (κ1) is 13.2. The predicted octanol–water partition coefficient (Wildman–Crippen LogP) is 1.42. The molecule has 98 valence electrons. The molecule has 0 aromatic heterocycles. The molecule has 2 amide bonds. The molecule has 1 aliphatic heterocycles. The average Bonchev–Trinajstić information content (AvgIpc) is 2.80. The van der Waals surface area contributed by atoms with Gasteiger partial charge < -0.3 is 10.2 Å². The third kappa shape index (κ3) is 2.60. The lowest BCUT2D eigenvalue weighted by molar-refractivity contribution is -0.117. The highest BCUT2D eigenvalue weighted by Crippen LogP contribution is 2.27. The molecular formula is C15H16N2O2. The summed E-state index contributed by atoms with van der Waals surface area (Å²) in [5, 5.41) is 2.75. The maximum Gasteiger partial charge on any atom is 0.253 e. The zero-order chi connectivity index (χ0) is 13.8. The molecule has 1 saturated heterocycles. The van der Waals surface area contributed by atoms with Gasteiger partial charge in [0, 0.05) is 25.4 Å². The molecule has 4 heteroatoms. The summed E-state index contributed by atoms with van der Waals surface area (Å²) < 4.78 is 0. The molecule has 1 fully saturated rings. The Morgan fingerprint density at radius 1 is 1.53 bits per heavy atom. The summed E-state index contributed by atoms with van der Waals surface area (Å²) >= 11 is 0. The van der Waals surface area contributed by atoms with Gasteiger partial charge in [-0.05, 0) is 19.1 Å². The first-order chi connectivity index (χ1) is 9.17. The van der Waals surface area contributed by atoms with Crippen molar-refractivity contribution in [1.82, 2.24) is 5.32 Å². The van der Waals surface area contributed by atoms with Crippen LogP contribution in [0.3, 0.4) is 0 Å². The van der Waals surface area contributed by atoms with Crippen molar-refractivity contribution < 1.29 is 9.59 Å². The lowest BCUT2D eigenvalue weighted by atomic mass is 10.1. The van der Waals surface area contributed by atoms with Crippen LogP contribution in [0.2, 0.25) is 0 Å². The highest BCUT2D eigenvalue weighted by atomic mass is 16.2. The normalized spacial score (nSPS) is 18.2. The molecule has 1 heterocycles. The van der Waals surface area contributed by atoms with Crippen molar-refractivity contribution in [2.75, 3.05) is 18.0 Å². The fraction of sp³-hybridized carbons (Fsp3) is 0.333. The van der Waals surface area contributed by atoms with E-state index in [0.717, 1.165) is 0 Å². The summed E-state index contributed by atoms with van der Waals surface area (Å²) in [5.41, 5.74) is 1.14. The Balaban J connectivity index is 2.33. The van der Waals surface area contributed by atoms with Crippen LogP contribution in [0.1, 0.15) is 23.7 Å². The lowest BCUT2D eigenvalue weighted by Crippen LogP contribution is -2.29. The maximum atomic E-state index is 12.0. The van der Waals surface area contributed by atoms with Crippen molar-refractivity contribution >= 4 is 17.5 Å². The summed E-state index contributed by atoms with van der Waals surface area (Å²) in [5.74, 6) is 2.33. The monoisotopic (exact) mass is 256 g/mol. The Morgan fingerprint density at radius 2 is 2.26 bits per heavy atom. The molecule has 0 spiro atoms. The van der Waals surface area contributed by atoms with Crippen molar-refractivity contribution in [3.63, 3.8) is 0 Å². The molecular weight excluding hydrogens is 240 g/mol. The molecule has 19 heavy (non-hydrogen) atoms. The number of amides is 2. The smallest absolute Gasteiger partial charge is 0.253 e. The van der Waals surface area contributed by atoms with Crippen LogP contribution in [0, 0.1) is 18.3 Å². The minimum absolute atomic E-state index is 0.0281. The number of para-hydroxylation sites is 1. The van der Waals surface area contributed by atoms with E-state index in [-0.39, 0.29) is 17.7 Å². The highest BCUT2D eigenvalue weighted by Gasteiger charge is 2.31. The van der Waals surface area contributed by atoms with E-state index in [9.17, 15) is 9.59 Å². The van der Waals surface area contributed by atoms with Crippen molar-refractivity contribution in [3.05, 3.63) is 29.8 Å². The number of carbonyl (C=O) groups is 2. The van der Waals surface area contributed by atoms with Gasteiger partial charge in [-0.2, -0.15) is 0 Å². The number of nitrogens with zero attached hydrogens (tertiary/aromatic N) is 1. The Kier molecular flexibility index (Phi) is 3.86. The Morgan fingerprint density at radius 3 is 2.89 bits per heavy atom. The van der Waals surface area contributed by atoms with E-state index < -0.39 is 0 Å². The van der Waals surface area contributed by atoms with E-state index in [4.69, 9.17) is 6.42 Å². The molecule has 2 rings (SSSR count). The summed E-state index contributed by atoms with van der Waals surface area (Å²) in [6.07, 6.45) is 5.72. The molecule has 1 N–H and O–H groups in total. The van der Waals surface area contributed by atoms with Crippen LogP contribution in [0.25, 0.3) is 0 Å². The van der Waals surface area contributed by atoms with Gasteiger partial charge in [0.25, 0.3) is 5.91 Å². The van der Waals surface area contributed by atoms with Gasteiger partial charge in [0.1, 0.15) is 0 Å². The van der Waals surface area contributed by atoms with Gasteiger partial charge in [0.15, 0.2) is 0 Å². The molecule has 0 saturated carbocycles. The molecule has 4 nitrogen and oxygen atoms in total. The van der Waals surface area contributed by atoms with Crippen LogP contribution >= 0.6 is 0 Å². The van der Waals surface area contributed by atoms with E-state index in [1.54, 1.807) is 23.1 Å². The second-order valence-corrected chi connectivity index (χ2v) is 4.45. The van der Waals surface area contributed by atoms with E-state index >= 15 is 0 Å². The number of hydrogen-bond acceptors (Lipinski definition) is 2. The lowest BCUT2D eigenvalue weighted by Gasteiger charge is -2.19. The second-order valence-electron chi connectivity index (χ2n) is 4.45. The Hall–Kier alpha value is -2.28. The topological polar surface area (TPSA) is 49.4 Å². The Bertz CT molecular complexity index is 545. The molecule has 1 unspecified atom stereocenters. The number of rotatable bonds is 3. The summed E-state index contributed by atoms with van der Waals surface area (Å²) in [4.78, 5) is 25.6. The van der Waals surface area contributed by atoms with Gasteiger partial charge in [0.2, 0.25) is 5.91 Å². The van der Waals surface area contributed by atoms with Crippen LogP contribution < -0.4 is 10.2 Å². The molecule has 1 aromatic carbocycles. The van der Waals surface area contributed by atoms with E-state index in [1.807, 2.05) is 13.0 Å². The van der Waals surface area contributed by atoms with Gasteiger partial charge in [-0.15, -0.1) is 12.3 Å². The SMILES string of the molecule is C#CC1CC(=O)N(c2ccccc2C(=O)NCC)C1. The van der Waals surface area contributed by atoms with Crippen LogP contribution in [0.5, 0.6) is 0 Å². The predicted molar refractivity (Wildman–Crippen MR) is 73.7 cm³/mol. The molecule has 0 radical (unpaired) electrons. The van der Waals surface area contributed by atoms with Crippen LogP contribution in [-0.4, -0.2) is 24.9 Å². The molecule has 1 aromatic rings. The van der Waals surface area contributed by atoms with Crippen molar-refractivity contribution in [2.24, 2.45) is 5.92 Å². The van der Waals surface area contributed by atoms with Crippen molar-refractivity contribution in [2.45, 2.75) is 13.3 Å². The van der Waals surface area contributed by atoms with E-state index in [2.05, 4.69) is 11.2 Å². The average molecular weight is 256 g/mol. The van der Waals surface area contributed by atoms with E-state index in [0.29, 0.717) is 30.8 Å². The maximum absolute atomic E-state index is 12.0. The molecule has 1 aliphatic rings. The number of anilines is 1. The number of carbonyl (C=O) groups excluding carboxylic acids is 2.